The number of benzene rings is 2. The fraction of sp³-hybridized carbons (Fsp3) is 0.610. The van der Waals surface area contributed by atoms with Crippen molar-refractivity contribution in [1.82, 2.24) is 15.1 Å². The van der Waals surface area contributed by atoms with Gasteiger partial charge >= 0.3 is 11.9 Å². The molecule has 8 rings (SSSR count). The van der Waals surface area contributed by atoms with Crippen LogP contribution >= 0.6 is 11.6 Å². The van der Waals surface area contributed by atoms with Crippen LogP contribution in [-0.4, -0.2) is 109 Å². The number of fused-ring (bicyclic) bond motifs is 5. The lowest BCUT2D eigenvalue weighted by atomic mass is 9.55. The van der Waals surface area contributed by atoms with Gasteiger partial charge in [-0.25, -0.2) is 0 Å². The summed E-state index contributed by atoms with van der Waals surface area (Å²) >= 11 is 6.49. The zero-order valence-corrected chi connectivity index (χ0v) is 33.0. The van der Waals surface area contributed by atoms with Crippen molar-refractivity contribution in [2.45, 2.75) is 89.2 Å². The molecule has 2 saturated heterocycles. The molecule has 1 unspecified atom stereocenters. The first kappa shape index (κ1) is 38.4. The summed E-state index contributed by atoms with van der Waals surface area (Å²) in [6.07, 6.45) is 0.581. The number of para-hydroxylation sites is 1. The highest BCUT2D eigenvalue weighted by Gasteiger charge is 2.62. The number of halogens is 1. The number of hydroxylamine groups is 1. The Hall–Kier alpha value is -3.43. The summed E-state index contributed by atoms with van der Waals surface area (Å²) in [6, 6.07) is 10.4. The molecule has 0 aromatic heterocycles. The van der Waals surface area contributed by atoms with E-state index in [1.54, 1.807) is 25.2 Å². The van der Waals surface area contributed by atoms with Crippen LogP contribution in [0.4, 0.5) is 5.69 Å². The standard InChI is InChI=1S/C41H53ClN4O9/c1-23-17-30-28(24(2)20-45-13-15-46(16-14-45)21-27-10-12-33-34(18-27)52-22-51-33)11-9-25(3)41(30,50)37(36(23)53-26(4)47)54-38(48)32-19-40(49)29-7-6-8-31(42)35(29)44(5)55-39(40)43-32/h6-8,10,12,17-18,24-25,28,30,32,36-37,39,43,49-50H,9,11,13-16,19-22H2,1-5H3/t24?,25-,28+,30-,32+,36-,37+,39-,40-,41-/m1/s1. The van der Waals surface area contributed by atoms with Crippen molar-refractivity contribution >= 4 is 29.2 Å². The number of aliphatic hydroxyl groups is 2. The number of carbonyl (C=O) groups excluding carboxylic acids is 2. The SMILES string of the molecule is CC(=O)O[C@@H]1C(C)=C[C@@H]2[C@H](C(C)CN3CCN(Cc4ccc5c(c4)OCO5)CC3)CC[C@@H](C)[C@]2(O)[C@H]1OC(=O)[C@@H]1C[C@@]2(O)c3cccc(Cl)c3N(C)O[C@H]2N1. The van der Waals surface area contributed by atoms with Crippen LogP contribution in [0, 0.1) is 23.7 Å². The minimum Gasteiger partial charge on any atom is -0.454 e. The Balaban J connectivity index is 0.971. The maximum absolute atomic E-state index is 14.2. The minimum absolute atomic E-state index is 0.0432. The van der Waals surface area contributed by atoms with Crippen molar-refractivity contribution in [1.29, 1.82) is 0 Å². The van der Waals surface area contributed by atoms with Crippen molar-refractivity contribution in [3.63, 3.8) is 0 Å². The van der Waals surface area contributed by atoms with Gasteiger partial charge < -0.3 is 34.1 Å². The molecule has 13 nitrogen and oxygen atoms in total. The van der Waals surface area contributed by atoms with Crippen molar-refractivity contribution in [3.8, 4) is 11.5 Å². The van der Waals surface area contributed by atoms with Crippen LogP contribution in [0.25, 0.3) is 0 Å². The second-order valence-electron chi connectivity index (χ2n) is 16.6. The number of esters is 2. The molecular weight excluding hydrogens is 728 g/mol. The van der Waals surface area contributed by atoms with Gasteiger partial charge in [0, 0.05) is 71.1 Å². The van der Waals surface area contributed by atoms with Crippen LogP contribution in [0.2, 0.25) is 5.02 Å². The third-order valence-electron chi connectivity index (χ3n) is 13.1. The molecule has 10 atom stereocenters. The average Bonchev–Trinajstić information content (AvgIpc) is 3.76. The molecule has 4 heterocycles. The van der Waals surface area contributed by atoms with E-state index in [0.717, 1.165) is 69.2 Å². The number of anilines is 1. The molecule has 1 saturated carbocycles. The lowest BCUT2D eigenvalue weighted by Gasteiger charge is -2.56. The van der Waals surface area contributed by atoms with E-state index in [9.17, 15) is 19.8 Å². The molecule has 3 fully saturated rings. The number of hydrogen-bond acceptors (Lipinski definition) is 13. The fourth-order valence-electron chi connectivity index (χ4n) is 10.1. The average molecular weight is 781 g/mol. The van der Waals surface area contributed by atoms with E-state index in [-0.39, 0.29) is 36.9 Å². The smallest absolute Gasteiger partial charge is 0.323 e. The molecule has 55 heavy (non-hydrogen) atoms. The van der Waals surface area contributed by atoms with Gasteiger partial charge in [0.2, 0.25) is 6.79 Å². The summed E-state index contributed by atoms with van der Waals surface area (Å²) in [5, 5.41) is 29.9. The molecule has 0 radical (unpaired) electrons. The highest BCUT2D eigenvalue weighted by molar-refractivity contribution is 6.33. The summed E-state index contributed by atoms with van der Waals surface area (Å²) in [5.41, 5.74) is -0.0567. The fourth-order valence-corrected chi connectivity index (χ4v) is 10.4. The van der Waals surface area contributed by atoms with Crippen molar-refractivity contribution in [2.24, 2.45) is 23.7 Å². The zero-order valence-electron chi connectivity index (χ0n) is 32.2. The number of nitrogens with one attached hydrogen (secondary N) is 1. The molecule has 4 aliphatic heterocycles. The quantitative estimate of drug-likeness (QED) is 0.263. The van der Waals surface area contributed by atoms with Crippen LogP contribution in [0.5, 0.6) is 11.5 Å². The summed E-state index contributed by atoms with van der Waals surface area (Å²) in [4.78, 5) is 37.6. The van der Waals surface area contributed by atoms with E-state index in [2.05, 4.69) is 40.2 Å². The first-order valence-electron chi connectivity index (χ1n) is 19.6. The Bertz CT molecular complexity index is 1840. The van der Waals surface area contributed by atoms with Crippen LogP contribution in [0.15, 0.2) is 48.0 Å². The third kappa shape index (κ3) is 6.89. The van der Waals surface area contributed by atoms with Crippen molar-refractivity contribution in [3.05, 3.63) is 64.2 Å². The van der Waals surface area contributed by atoms with Gasteiger partial charge in [-0.2, -0.15) is 0 Å². The van der Waals surface area contributed by atoms with Gasteiger partial charge in [-0.3, -0.25) is 29.7 Å². The number of nitrogens with zero attached hydrogens (tertiary/aromatic N) is 3. The van der Waals surface area contributed by atoms with Crippen LogP contribution in [0.1, 0.15) is 58.1 Å². The number of carbonyl (C=O) groups is 2. The van der Waals surface area contributed by atoms with Gasteiger partial charge in [-0.15, -0.1) is 0 Å². The second kappa shape index (κ2) is 14.8. The topological polar surface area (TPSA) is 142 Å². The van der Waals surface area contributed by atoms with Gasteiger partial charge in [-0.05, 0) is 66.9 Å². The lowest BCUT2D eigenvalue weighted by molar-refractivity contribution is -0.225. The minimum atomic E-state index is -1.57. The molecule has 0 bridgehead atoms. The monoisotopic (exact) mass is 780 g/mol. The highest BCUT2D eigenvalue weighted by atomic mass is 35.5. The zero-order chi connectivity index (χ0) is 38.8. The Kier molecular flexibility index (Phi) is 10.4. The number of rotatable bonds is 8. The maximum atomic E-state index is 14.2. The predicted molar refractivity (Wildman–Crippen MR) is 203 cm³/mol. The molecule has 6 aliphatic rings. The summed E-state index contributed by atoms with van der Waals surface area (Å²) in [7, 11) is 1.69. The first-order valence-corrected chi connectivity index (χ1v) is 19.9. The largest absolute Gasteiger partial charge is 0.454 e. The predicted octanol–water partition coefficient (Wildman–Crippen LogP) is 3.98. The molecule has 14 heteroatoms. The van der Waals surface area contributed by atoms with Crippen LogP contribution in [0.3, 0.4) is 0 Å². The summed E-state index contributed by atoms with van der Waals surface area (Å²) < 4.78 is 23.2. The van der Waals surface area contributed by atoms with E-state index < -0.39 is 47.6 Å². The Labute approximate surface area is 327 Å². The first-order chi connectivity index (χ1) is 26.3. The Morgan fingerprint density at radius 1 is 1.05 bits per heavy atom. The van der Waals surface area contributed by atoms with Crippen LogP contribution < -0.4 is 19.9 Å². The molecule has 0 amide bonds. The summed E-state index contributed by atoms with van der Waals surface area (Å²) in [5.74, 6) is 0.141. The summed E-state index contributed by atoms with van der Waals surface area (Å²) in [6.45, 7) is 13.2. The van der Waals surface area contributed by atoms with Gasteiger partial charge in [0.25, 0.3) is 0 Å². The molecule has 0 spiro atoms. The number of hydrogen-bond donors (Lipinski definition) is 3. The Morgan fingerprint density at radius 2 is 1.80 bits per heavy atom. The number of piperazine rings is 1. The van der Waals surface area contributed by atoms with E-state index in [4.69, 9.17) is 35.4 Å². The van der Waals surface area contributed by atoms with Crippen molar-refractivity contribution in [2.75, 3.05) is 51.6 Å². The van der Waals surface area contributed by atoms with E-state index in [0.29, 0.717) is 16.3 Å². The maximum Gasteiger partial charge on any atom is 0.323 e. The molecule has 2 aromatic rings. The van der Waals surface area contributed by atoms with Gasteiger partial charge in [-0.1, -0.05) is 49.7 Å². The number of ether oxygens (including phenoxy) is 4. The molecular formula is C41H53ClN4O9. The molecule has 2 aliphatic carbocycles. The molecule has 3 N–H and O–H groups in total. The normalized spacial score (nSPS) is 34.9. The van der Waals surface area contributed by atoms with E-state index in [1.807, 2.05) is 19.9 Å². The highest BCUT2D eigenvalue weighted by Crippen LogP contribution is 2.53. The lowest BCUT2D eigenvalue weighted by Crippen LogP contribution is -2.66. The van der Waals surface area contributed by atoms with Crippen LogP contribution in [-0.2, 0) is 36.0 Å². The molecule has 298 valence electrons. The van der Waals surface area contributed by atoms with Gasteiger partial charge in [0.05, 0.1) is 10.7 Å². The van der Waals surface area contributed by atoms with Gasteiger partial charge in [0.1, 0.15) is 17.2 Å². The van der Waals surface area contributed by atoms with Crippen molar-refractivity contribution < 1.29 is 43.6 Å². The third-order valence-corrected chi connectivity index (χ3v) is 13.4. The Morgan fingerprint density at radius 3 is 2.56 bits per heavy atom. The van der Waals surface area contributed by atoms with E-state index >= 15 is 0 Å². The molecule has 2 aromatic carbocycles. The second-order valence-corrected chi connectivity index (χ2v) is 17.0. The van der Waals surface area contributed by atoms with E-state index in [1.165, 1.54) is 17.6 Å². The van der Waals surface area contributed by atoms with Gasteiger partial charge in [0.15, 0.2) is 29.9 Å².